The third kappa shape index (κ3) is 5.65. The van der Waals surface area contributed by atoms with Gasteiger partial charge in [-0.15, -0.1) is 22.7 Å². The molecule has 0 fully saturated rings. The second kappa shape index (κ2) is 12.4. The Kier molecular flexibility index (Phi) is 8.25. The second-order valence-corrected chi connectivity index (χ2v) is 13.8. The molecule has 0 unspecified atom stereocenters. The van der Waals surface area contributed by atoms with E-state index < -0.39 is 17.8 Å². The number of hydrazone groups is 2. The van der Waals surface area contributed by atoms with Gasteiger partial charge in [0.05, 0.1) is 23.2 Å². The van der Waals surface area contributed by atoms with E-state index >= 15 is 0 Å². The Morgan fingerprint density at radius 2 is 0.978 bits per heavy atom. The number of hydrogen-bond donors (Lipinski definition) is 0. The van der Waals surface area contributed by atoms with E-state index in [0.29, 0.717) is 48.1 Å². The Morgan fingerprint density at radius 3 is 1.37 bits per heavy atom. The van der Waals surface area contributed by atoms with E-state index in [4.69, 9.17) is 44.8 Å². The smallest absolute Gasteiger partial charge is 0.259 e. The highest BCUT2D eigenvalue weighted by Gasteiger charge is 2.50. The Bertz CT molecular complexity index is 1900. The van der Waals surface area contributed by atoms with E-state index in [0.717, 1.165) is 16.7 Å². The fraction of sp³-hybridized carbons (Fsp3) is 0.152. The predicted molar refractivity (Wildman–Crippen MR) is 187 cm³/mol. The fourth-order valence-electron chi connectivity index (χ4n) is 5.75. The van der Waals surface area contributed by atoms with Crippen molar-refractivity contribution in [2.24, 2.45) is 22.0 Å². The fourth-order valence-corrected chi connectivity index (χ4v) is 7.71. The van der Waals surface area contributed by atoms with E-state index in [1.807, 2.05) is 61.0 Å². The van der Waals surface area contributed by atoms with Gasteiger partial charge in [-0.05, 0) is 55.8 Å². The lowest BCUT2D eigenvalue weighted by Gasteiger charge is -2.28. The molecule has 7 rings (SSSR count). The van der Waals surface area contributed by atoms with Crippen molar-refractivity contribution in [2.75, 3.05) is 10.0 Å². The number of hydrogen-bond acceptors (Lipinski definition) is 8. The van der Waals surface area contributed by atoms with Gasteiger partial charge in [0.25, 0.3) is 11.8 Å². The van der Waals surface area contributed by atoms with Crippen molar-refractivity contribution >= 4 is 91.0 Å². The SMILES string of the molecule is CC1=NN(c2nc(-c3ccc(Cl)cc3)cs2)C(=O)[C@@H]1C(c1ccc(Cl)cc1)[C@H]1C(=O)N(c2nc(-c3ccc(Cl)cc3)cs2)N=C1C. The van der Waals surface area contributed by atoms with Gasteiger partial charge in [0.15, 0.2) is 0 Å². The van der Waals surface area contributed by atoms with Gasteiger partial charge in [0.2, 0.25) is 10.3 Å². The topological polar surface area (TPSA) is 91.1 Å². The van der Waals surface area contributed by atoms with Crippen molar-refractivity contribution < 1.29 is 9.59 Å². The van der Waals surface area contributed by atoms with Gasteiger partial charge < -0.3 is 0 Å². The molecule has 0 spiro atoms. The van der Waals surface area contributed by atoms with Crippen LogP contribution in [0, 0.1) is 11.8 Å². The van der Waals surface area contributed by atoms with Gasteiger partial charge in [0, 0.05) is 54.3 Å². The Morgan fingerprint density at radius 1 is 0.609 bits per heavy atom. The molecule has 46 heavy (non-hydrogen) atoms. The molecule has 230 valence electrons. The van der Waals surface area contributed by atoms with Gasteiger partial charge in [-0.3, -0.25) is 9.59 Å². The van der Waals surface area contributed by atoms with E-state index in [9.17, 15) is 9.59 Å². The summed E-state index contributed by atoms with van der Waals surface area (Å²) in [5.74, 6) is -2.64. The summed E-state index contributed by atoms with van der Waals surface area (Å²) in [6.07, 6.45) is 0. The van der Waals surface area contributed by atoms with Crippen LogP contribution in [0.25, 0.3) is 22.5 Å². The first-order valence-corrected chi connectivity index (χ1v) is 17.0. The number of benzene rings is 3. The first-order chi connectivity index (χ1) is 22.2. The number of nitrogens with zero attached hydrogens (tertiary/aromatic N) is 6. The van der Waals surface area contributed by atoms with Crippen molar-refractivity contribution in [3.63, 3.8) is 0 Å². The average molecular weight is 706 g/mol. The number of halogens is 3. The molecular weight excluding hydrogens is 683 g/mol. The number of carbonyl (C=O) groups excluding carboxylic acids is 2. The minimum Gasteiger partial charge on any atom is -0.272 e. The number of rotatable bonds is 7. The first kappa shape index (κ1) is 30.7. The maximum atomic E-state index is 14.2. The zero-order valence-corrected chi connectivity index (χ0v) is 28.2. The highest BCUT2D eigenvalue weighted by Crippen LogP contribution is 2.44. The molecule has 2 aliphatic heterocycles. The van der Waals surface area contributed by atoms with Gasteiger partial charge in [-0.25, -0.2) is 9.97 Å². The molecule has 0 saturated carbocycles. The summed E-state index contributed by atoms with van der Waals surface area (Å²) < 4.78 is 0. The van der Waals surface area contributed by atoms with Crippen molar-refractivity contribution in [1.82, 2.24) is 9.97 Å². The molecule has 2 atom stereocenters. The van der Waals surface area contributed by atoms with Gasteiger partial charge in [0.1, 0.15) is 0 Å². The molecule has 0 bridgehead atoms. The van der Waals surface area contributed by atoms with Crippen LogP contribution in [-0.4, -0.2) is 33.2 Å². The molecule has 13 heteroatoms. The number of thiazole rings is 2. The van der Waals surface area contributed by atoms with Crippen LogP contribution in [0.5, 0.6) is 0 Å². The maximum Gasteiger partial charge on any atom is 0.259 e. The Hall–Kier alpha value is -3.93. The van der Waals surface area contributed by atoms with Crippen LogP contribution in [-0.2, 0) is 9.59 Å². The molecule has 0 radical (unpaired) electrons. The highest BCUT2D eigenvalue weighted by atomic mass is 35.5. The van der Waals surface area contributed by atoms with Gasteiger partial charge >= 0.3 is 0 Å². The van der Waals surface area contributed by atoms with Crippen LogP contribution >= 0.6 is 57.5 Å². The molecule has 2 aliphatic rings. The molecule has 2 aromatic heterocycles. The van der Waals surface area contributed by atoms with E-state index in [2.05, 4.69) is 10.2 Å². The number of amides is 2. The quantitative estimate of drug-likeness (QED) is 0.169. The number of anilines is 2. The summed E-state index contributed by atoms with van der Waals surface area (Å²) in [6, 6.07) is 21.9. The number of carbonyl (C=O) groups is 2. The van der Waals surface area contributed by atoms with Gasteiger partial charge in [-0.1, -0.05) is 71.2 Å². The van der Waals surface area contributed by atoms with E-state index in [-0.39, 0.29) is 11.8 Å². The molecule has 0 N–H and O–H groups in total. The van der Waals surface area contributed by atoms with Crippen molar-refractivity contribution in [3.05, 3.63) is 104 Å². The zero-order valence-electron chi connectivity index (χ0n) is 24.3. The first-order valence-electron chi connectivity index (χ1n) is 14.1. The van der Waals surface area contributed by atoms with Gasteiger partial charge in [-0.2, -0.15) is 20.2 Å². The summed E-state index contributed by atoms with van der Waals surface area (Å²) in [5.41, 5.74) is 5.09. The van der Waals surface area contributed by atoms with E-state index in [1.165, 1.54) is 32.7 Å². The standard InChI is InChI=1S/C33H23Cl3N6O2S2/c1-17-27(30(43)41(39-17)32-37-25(15-45-32)19-3-9-22(34)10-4-19)29(21-7-13-24(36)14-8-21)28-18(2)40-42(31(28)44)33-38-26(16-46-33)20-5-11-23(35)12-6-20/h3-16,27-29H,1-2H3/t27-,28-/m0/s1. The summed E-state index contributed by atoms with van der Waals surface area (Å²) in [5, 5.41) is 18.4. The summed E-state index contributed by atoms with van der Waals surface area (Å²) >= 11 is 21.0. The molecule has 2 amide bonds. The van der Waals surface area contributed by atoms with Crippen LogP contribution in [0.2, 0.25) is 15.1 Å². The minimum atomic E-state index is -0.746. The monoisotopic (exact) mass is 704 g/mol. The van der Waals surface area contributed by atoms with Crippen LogP contribution in [0.1, 0.15) is 25.3 Å². The van der Waals surface area contributed by atoms with Crippen molar-refractivity contribution in [2.45, 2.75) is 19.8 Å². The lowest BCUT2D eigenvalue weighted by Crippen LogP contribution is -2.40. The minimum absolute atomic E-state index is 0.271. The van der Waals surface area contributed by atoms with Crippen LogP contribution < -0.4 is 10.0 Å². The Balaban J connectivity index is 1.21. The zero-order chi connectivity index (χ0) is 32.1. The predicted octanol–water partition coefficient (Wildman–Crippen LogP) is 9.06. The van der Waals surface area contributed by atoms with Crippen LogP contribution in [0.4, 0.5) is 10.3 Å². The lowest BCUT2D eigenvalue weighted by molar-refractivity contribution is -0.122. The molecular formula is C33H23Cl3N6O2S2. The third-order valence-electron chi connectivity index (χ3n) is 7.96. The summed E-state index contributed by atoms with van der Waals surface area (Å²) in [4.78, 5) is 37.9. The van der Waals surface area contributed by atoms with E-state index in [1.54, 1.807) is 36.4 Å². The highest BCUT2D eigenvalue weighted by molar-refractivity contribution is 7.14. The molecule has 8 nitrogen and oxygen atoms in total. The maximum absolute atomic E-state index is 14.2. The van der Waals surface area contributed by atoms with Crippen LogP contribution in [0.15, 0.2) is 93.8 Å². The third-order valence-corrected chi connectivity index (χ3v) is 10.4. The largest absolute Gasteiger partial charge is 0.272 e. The Labute approximate surface area is 287 Å². The normalized spacial score (nSPS) is 18.1. The lowest BCUT2D eigenvalue weighted by atomic mass is 9.73. The molecule has 3 aromatic carbocycles. The summed E-state index contributed by atoms with van der Waals surface area (Å²) in [6.45, 7) is 3.62. The summed E-state index contributed by atoms with van der Waals surface area (Å²) in [7, 11) is 0. The molecule has 5 aromatic rings. The van der Waals surface area contributed by atoms with Crippen molar-refractivity contribution in [3.8, 4) is 22.5 Å². The van der Waals surface area contributed by atoms with Crippen molar-refractivity contribution in [1.29, 1.82) is 0 Å². The average Bonchev–Trinajstić information content (AvgIpc) is 3.84. The number of aromatic nitrogens is 2. The molecule has 0 aliphatic carbocycles. The second-order valence-electron chi connectivity index (χ2n) is 10.9. The molecule has 4 heterocycles. The molecule has 0 saturated heterocycles. The van der Waals surface area contributed by atoms with Crippen LogP contribution in [0.3, 0.4) is 0 Å².